The van der Waals surface area contributed by atoms with E-state index in [1.54, 1.807) is 10.6 Å². The number of halogens is 4. The first-order valence-electron chi connectivity index (χ1n) is 7.87. The highest BCUT2D eigenvalue weighted by molar-refractivity contribution is 6.32. The van der Waals surface area contributed by atoms with Gasteiger partial charge in [0.1, 0.15) is 11.5 Å². The average molecular weight is 416 g/mol. The number of fused-ring (bicyclic) bond motifs is 1. The van der Waals surface area contributed by atoms with Crippen molar-refractivity contribution in [3.63, 3.8) is 0 Å². The monoisotopic (exact) mass is 415 g/mol. The van der Waals surface area contributed by atoms with Gasteiger partial charge < -0.3 is 14.2 Å². The summed E-state index contributed by atoms with van der Waals surface area (Å²) in [5, 5.41) is 0.125. The van der Waals surface area contributed by atoms with Gasteiger partial charge in [0.25, 0.3) is 0 Å². The lowest BCUT2D eigenvalue weighted by atomic mass is 10.2. The molecule has 0 saturated heterocycles. The van der Waals surface area contributed by atoms with E-state index < -0.39 is 12.3 Å². The van der Waals surface area contributed by atoms with Crippen molar-refractivity contribution < 1.29 is 32.2 Å². The highest BCUT2D eigenvalue weighted by atomic mass is 35.5. The van der Waals surface area contributed by atoms with Crippen LogP contribution in [0.5, 0.6) is 11.5 Å². The van der Waals surface area contributed by atoms with Crippen LogP contribution in [0.1, 0.15) is 16.2 Å². The minimum absolute atomic E-state index is 0.0786. The molecule has 3 aromatic rings. The summed E-state index contributed by atoms with van der Waals surface area (Å²) in [4.78, 5) is 20.1. The summed E-state index contributed by atoms with van der Waals surface area (Å²) in [6.07, 6.45) is -1.44. The lowest BCUT2D eigenvalue weighted by Crippen LogP contribution is -2.17. The summed E-state index contributed by atoms with van der Waals surface area (Å²) < 4.78 is 52.2. The van der Waals surface area contributed by atoms with Crippen molar-refractivity contribution in [2.24, 2.45) is 0 Å². The summed E-state index contributed by atoms with van der Waals surface area (Å²) in [6.45, 7) is 0.122. The second-order valence-corrected chi connectivity index (χ2v) is 5.79. The number of rotatable bonds is 6. The maximum atomic E-state index is 12.2. The standard InChI is InChI=1S/C17H13ClF3N3O4/c1-26-16(25)13-12(24-8-7-22-14(18)15(24)23-13)6-9-27-10-2-4-11(5-3-10)28-17(19,20)21/h2-5,7-8H,6,9H2,1H3. The number of methoxy groups -OCH3 is 1. The van der Waals surface area contributed by atoms with Crippen LogP contribution >= 0.6 is 11.6 Å². The Morgan fingerprint density at radius 3 is 2.54 bits per heavy atom. The smallest absolute Gasteiger partial charge is 0.493 e. The quantitative estimate of drug-likeness (QED) is 0.572. The van der Waals surface area contributed by atoms with Crippen molar-refractivity contribution in [2.45, 2.75) is 12.8 Å². The molecule has 7 nitrogen and oxygen atoms in total. The van der Waals surface area contributed by atoms with Gasteiger partial charge >= 0.3 is 12.3 Å². The van der Waals surface area contributed by atoms with E-state index in [0.29, 0.717) is 17.1 Å². The van der Waals surface area contributed by atoms with Gasteiger partial charge in [-0.3, -0.25) is 4.40 Å². The number of benzene rings is 1. The van der Waals surface area contributed by atoms with Gasteiger partial charge in [-0.25, -0.2) is 14.8 Å². The van der Waals surface area contributed by atoms with Gasteiger partial charge in [-0.15, -0.1) is 13.2 Å². The Labute approximate surface area is 161 Å². The molecule has 1 aromatic carbocycles. The van der Waals surface area contributed by atoms with E-state index in [9.17, 15) is 18.0 Å². The Morgan fingerprint density at radius 1 is 1.21 bits per heavy atom. The highest BCUT2D eigenvalue weighted by Gasteiger charge is 2.31. The molecular formula is C17H13ClF3N3O4. The van der Waals surface area contributed by atoms with Crippen molar-refractivity contribution in [1.82, 2.24) is 14.4 Å². The van der Waals surface area contributed by atoms with Gasteiger partial charge in [-0.05, 0) is 24.3 Å². The van der Waals surface area contributed by atoms with E-state index in [0.717, 1.165) is 12.1 Å². The third-order valence-electron chi connectivity index (χ3n) is 3.64. The number of ether oxygens (including phenoxy) is 3. The molecule has 3 rings (SSSR count). The Bertz CT molecular complexity index is 990. The van der Waals surface area contributed by atoms with Crippen molar-refractivity contribution in [1.29, 1.82) is 0 Å². The number of aromatic nitrogens is 3. The van der Waals surface area contributed by atoms with Gasteiger partial charge in [0.05, 0.1) is 19.4 Å². The van der Waals surface area contributed by atoms with Crippen LogP contribution < -0.4 is 9.47 Å². The van der Waals surface area contributed by atoms with Crippen molar-refractivity contribution >= 4 is 23.2 Å². The molecule has 11 heteroatoms. The zero-order chi connectivity index (χ0) is 20.3. The van der Waals surface area contributed by atoms with Crippen LogP contribution in [0.4, 0.5) is 13.2 Å². The fraction of sp³-hybridized carbons (Fsp3) is 0.235. The second-order valence-electron chi connectivity index (χ2n) is 5.43. The molecule has 148 valence electrons. The topological polar surface area (TPSA) is 75.0 Å². The molecule has 0 fully saturated rings. The predicted octanol–water partition coefficient (Wildman–Crippen LogP) is 3.69. The molecule has 0 bridgehead atoms. The lowest BCUT2D eigenvalue weighted by Gasteiger charge is -2.10. The lowest BCUT2D eigenvalue weighted by molar-refractivity contribution is -0.274. The Hall–Kier alpha value is -3.01. The number of esters is 1. The van der Waals surface area contributed by atoms with E-state index >= 15 is 0 Å². The second kappa shape index (κ2) is 7.93. The Kier molecular flexibility index (Phi) is 5.59. The molecule has 0 saturated carbocycles. The molecule has 0 spiro atoms. The number of carbonyl (C=O) groups is 1. The fourth-order valence-electron chi connectivity index (χ4n) is 2.50. The van der Waals surface area contributed by atoms with Crippen LogP contribution in [0.15, 0.2) is 36.7 Å². The van der Waals surface area contributed by atoms with Crippen LogP contribution in [-0.4, -0.2) is 40.4 Å². The van der Waals surface area contributed by atoms with Crippen LogP contribution in [-0.2, 0) is 11.2 Å². The zero-order valence-electron chi connectivity index (χ0n) is 14.4. The number of carbonyl (C=O) groups excluding carboxylic acids is 1. The molecule has 0 atom stereocenters. The molecule has 2 aromatic heterocycles. The maximum absolute atomic E-state index is 12.2. The van der Waals surface area contributed by atoms with Crippen LogP contribution in [0.3, 0.4) is 0 Å². The number of hydrogen-bond acceptors (Lipinski definition) is 6. The summed E-state index contributed by atoms with van der Waals surface area (Å²) in [7, 11) is 1.23. The molecule has 0 amide bonds. The first-order valence-corrected chi connectivity index (χ1v) is 8.24. The van der Waals surface area contributed by atoms with E-state index in [1.807, 2.05) is 0 Å². The molecular weight excluding hydrogens is 403 g/mol. The number of alkyl halides is 3. The van der Waals surface area contributed by atoms with Crippen LogP contribution in [0.2, 0.25) is 5.15 Å². The summed E-state index contributed by atoms with van der Waals surface area (Å²) in [6, 6.07) is 4.97. The minimum atomic E-state index is -4.76. The molecule has 0 aliphatic rings. The summed E-state index contributed by atoms with van der Waals surface area (Å²) in [5.41, 5.74) is 0.881. The number of imidazole rings is 1. The van der Waals surface area contributed by atoms with Crippen molar-refractivity contribution in [3.05, 3.63) is 53.2 Å². The Morgan fingerprint density at radius 2 is 1.89 bits per heavy atom. The van der Waals surface area contributed by atoms with Gasteiger partial charge in [0.15, 0.2) is 16.5 Å². The number of nitrogens with zero attached hydrogens (tertiary/aromatic N) is 3. The zero-order valence-corrected chi connectivity index (χ0v) is 15.1. The third kappa shape index (κ3) is 4.45. The summed E-state index contributed by atoms with van der Waals surface area (Å²) >= 11 is 6.01. The molecule has 2 heterocycles. The molecule has 0 radical (unpaired) electrons. The third-order valence-corrected chi connectivity index (χ3v) is 3.91. The van der Waals surface area contributed by atoms with Crippen molar-refractivity contribution in [2.75, 3.05) is 13.7 Å². The first-order chi connectivity index (χ1) is 13.3. The predicted molar refractivity (Wildman–Crippen MR) is 91.7 cm³/mol. The van der Waals surface area contributed by atoms with Gasteiger partial charge in [0, 0.05) is 18.8 Å². The molecule has 0 aliphatic heterocycles. The maximum Gasteiger partial charge on any atom is 0.573 e. The van der Waals surface area contributed by atoms with Gasteiger partial charge in [-0.2, -0.15) is 0 Å². The van der Waals surface area contributed by atoms with E-state index in [2.05, 4.69) is 14.7 Å². The van der Waals surface area contributed by atoms with Crippen molar-refractivity contribution in [3.8, 4) is 11.5 Å². The fourth-order valence-corrected chi connectivity index (χ4v) is 2.69. The average Bonchev–Trinajstić information content (AvgIpc) is 3.01. The molecule has 0 N–H and O–H groups in total. The number of hydrogen-bond donors (Lipinski definition) is 0. The molecule has 0 aliphatic carbocycles. The van der Waals surface area contributed by atoms with Gasteiger partial charge in [0.2, 0.25) is 0 Å². The molecule has 28 heavy (non-hydrogen) atoms. The summed E-state index contributed by atoms with van der Waals surface area (Å²) in [5.74, 6) is -0.650. The molecule has 0 unspecified atom stereocenters. The van der Waals surface area contributed by atoms with Crippen LogP contribution in [0, 0.1) is 0 Å². The van der Waals surface area contributed by atoms with Crippen LogP contribution in [0.25, 0.3) is 5.65 Å². The minimum Gasteiger partial charge on any atom is -0.493 e. The van der Waals surface area contributed by atoms with Gasteiger partial charge in [-0.1, -0.05) is 11.6 Å². The van der Waals surface area contributed by atoms with E-state index in [4.69, 9.17) is 21.1 Å². The van der Waals surface area contributed by atoms with E-state index in [1.165, 1.54) is 25.4 Å². The first kappa shape index (κ1) is 19.7. The largest absolute Gasteiger partial charge is 0.573 e. The Balaban J connectivity index is 1.73. The normalized spacial score (nSPS) is 11.5. The highest BCUT2D eigenvalue weighted by Crippen LogP contribution is 2.25. The SMILES string of the molecule is COC(=O)c1nc2c(Cl)nccn2c1CCOc1ccc(OC(F)(F)F)cc1. The van der Waals surface area contributed by atoms with E-state index in [-0.39, 0.29) is 29.6 Å².